The number of hydrogen-bond donors (Lipinski definition) is 1. The average molecular weight is 535 g/mol. The second-order valence-corrected chi connectivity index (χ2v) is 12.3. The van der Waals surface area contributed by atoms with Crippen molar-refractivity contribution in [1.82, 2.24) is 4.90 Å². The van der Waals surface area contributed by atoms with E-state index in [1.165, 1.54) is 0 Å². The lowest BCUT2D eigenvalue weighted by Gasteiger charge is -2.37. The molecule has 7 nitrogen and oxygen atoms in total. The average Bonchev–Trinajstić information content (AvgIpc) is 3.41. The Morgan fingerprint density at radius 2 is 2.06 bits per heavy atom. The van der Waals surface area contributed by atoms with Gasteiger partial charge in [-0.2, -0.15) is 0 Å². The second kappa shape index (κ2) is 10.8. The Bertz CT molecular complexity index is 1040. The summed E-state index contributed by atoms with van der Waals surface area (Å²) in [6.45, 7) is 8.61. The maximum atomic E-state index is 14.4. The number of benzene rings is 1. The number of carbonyl (C=O) groups excluding carboxylic acids is 3. The zero-order valence-electron chi connectivity index (χ0n) is 21.0. The standard InChI is InChI=1S/C27H35ClN2O5S/c1-4-15-29(19-12-8-7-11-18(19)28)24(33)22-27-14-13-26(3,36-27)21(25(34)35-5-2)20(27)23(32)30(22)16-9-6-10-17-31/h4,7-8,11-12,20-22,31H,1,5-6,9-10,13-17H2,2-3H3/t20-,21-,22?,26+,27?/m0/s1. The minimum Gasteiger partial charge on any atom is -0.466 e. The van der Waals surface area contributed by atoms with Crippen LogP contribution in [-0.4, -0.2) is 69.6 Å². The topological polar surface area (TPSA) is 87.2 Å². The summed E-state index contributed by atoms with van der Waals surface area (Å²) in [5, 5.41) is 9.65. The quantitative estimate of drug-likeness (QED) is 0.262. The van der Waals surface area contributed by atoms with Gasteiger partial charge in [0.15, 0.2) is 0 Å². The Balaban J connectivity index is 1.77. The minimum atomic E-state index is -0.730. The van der Waals surface area contributed by atoms with Crippen LogP contribution in [0, 0.1) is 11.8 Å². The summed E-state index contributed by atoms with van der Waals surface area (Å²) in [5.74, 6) is -1.90. The smallest absolute Gasteiger partial charge is 0.311 e. The lowest BCUT2D eigenvalue weighted by Crippen LogP contribution is -2.55. The van der Waals surface area contributed by atoms with Crippen LogP contribution in [0.15, 0.2) is 36.9 Å². The van der Waals surface area contributed by atoms with E-state index in [1.54, 1.807) is 46.7 Å². The fraction of sp³-hybridized carbons (Fsp3) is 0.593. The summed E-state index contributed by atoms with van der Waals surface area (Å²) < 4.78 is 4.27. The van der Waals surface area contributed by atoms with Crippen LogP contribution in [0.25, 0.3) is 0 Å². The van der Waals surface area contributed by atoms with Gasteiger partial charge in [0.25, 0.3) is 5.91 Å². The molecule has 9 heteroatoms. The van der Waals surface area contributed by atoms with E-state index in [0.717, 1.165) is 12.8 Å². The number of carbonyl (C=O) groups is 3. The van der Waals surface area contributed by atoms with Crippen LogP contribution in [0.5, 0.6) is 0 Å². The van der Waals surface area contributed by atoms with Crippen LogP contribution in [0.2, 0.25) is 5.02 Å². The van der Waals surface area contributed by atoms with E-state index in [4.69, 9.17) is 16.3 Å². The number of aliphatic hydroxyl groups is 1. The molecular formula is C27H35ClN2O5S. The number of fused-ring (bicyclic) bond motifs is 1. The molecule has 3 aliphatic heterocycles. The number of para-hydroxylation sites is 1. The van der Waals surface area contributed by atoms with Crippen molar-refractivity contribution in [3.05, 3.63) is 41.9 Å². The third-order valence-corrected chi connectivity index (χ3v) is 10.1. The van der Waals surface area contributed by atoms with Gasteiger partial charge in [0.2, 0.25) is 5.91 Å². The molecule has 1 N–H and O–H groups in total. The van der Waals surface area contributed by atoms with Crippen molar-refractivity contribution in [1.29, 1.82) is 0 Å². The monoisotopic (exact) mass is 534 g/mol. The van der Waals surface area contributed by atoms with E-state index >= 15 is 0 Å². The van der Waals surface area contributed by atoms with E-state index in [2.05, 4.69) is 6.58 Å². The number of esters is 1. The SMILES string of the molecule is C=CCN(C(=O)C1N(CCCCCO)C(=O)[C@@H]2[C@@H](C(=O)OCC)[C@@]3(C)CCC12S3)c1ccccc1Cl. The largest absolute Gasteiger partial charge is 0.466 e. The highest BCUT2D eigenvalue weighted by atomic mass is 35.5. The lowest BCUT2D eigenvalue weighted by molar-refractivity contribution is -0.155. The Hall–Kier alpha value is -2.03. The number of unbranched alkanes of at least 4 members (excludes halogenated alkanes) is 2. The molecule has 4 rings (SSSR count). The summed E-state index contributed by atoms with van der Waals surface area (Å²) in [6.07, 6.45) is 5.11. The Morgan fingerprint density at radius 3 is 2.72 bits per heavy atom. The first-order chi connectivity index (χ1) is 17.3. The van der Waals surface area contributed by atoms with Crippen molar-refractivity contribution >= 4 is 46.8 Å². The molecule has 5 atom stereocenters. The van der Waals surface area contributed by atoms with Crippen LogP contribution in [0.1, 0.15) is 46.0 Å². The van der Waals surface area contributed by atoms with Gasteiger partial charge >= 0.3 is 5.97 Å². The Morgan fingerprint density at radius 1 is 1.31 bits per heavy atom. The Labute approximate surface area is 222 Å². The molecule has 0 aliphatic carbocycles. The fourth-order valence-corrected chi connectivity index (χ4v) is 8.94. The van der Waals surface area contributed by atoms with Gasteiger partial charge < -0.3 is 19.6 Å². The van der Waals surface area contributed by atoms with Gasteiger partial charge in [0.05, 0.1) is 33.9 Å². The number of amides is 2. The fourth-order valence-electron chi connectivity index (χ4n) is 6.36. The van der Waals surface area contributed by atoms with Crippen molar-refractivity contribution in [2.45, 2.75) is 61.5 Å². The number of halogens is 1. The van der Waals surface area contributed by atoms with Crippen LogP contribution in [-0.2, 0) is 19.1 Å². The molecule has 0 radical (unpaired) electrons. The number of hydrogen-bond acceptors (Lipinski definition) is 6. The van der Waals surface area contributed by atoms with E-state index < -0.39 is 27.4 Å². The molecule has 2 unspecified atom stereocenters. The first kappa shape index (κ1) is 27.0. The first-order valence-electron chi connectivity index (χ1n) is 12.7. The maximum Gasteiger partial charge on any atom is 0.311 e. The molecule has 3 saturated heterocycles. The van der Waals surface area contributed by atoms with E-state index in [0.29, 0.717) is 36.5 Å². The van der Waals surface area contributed by atoms with Crippen LogP contribution in [0.3, 0.4) is 0 Å². The van der Waals surface area contributed by atoms with Gasteiger partial charge in [-0.1, -0.05) is 29.8 Å². The number of thioether (sulfide) groups is 1. The summed E-state index contributed by atoms with van der Waals surface area (Å²) in [5.41, 5.74) is 0.572. The van der Waals surface area contributed by atoms with E-state index in [-0.39, 0.29) is 37.5 Å². The number of anilines is 1. The van der Waals surface area contributed by atoms with Crippen LogP contribution < -0.4 is 4.90 Å². The van der Waals surface area contributed by atoms with Crippen molar-refractivity contribution < 1.29 is 24.2 Å². The molecule has 3 aliphatic rings. The predicted octanol–water partition coefficient (Wildman–Crippen LogP) is 4.07. The maximum absolute atomic E-state index is 14.4. The minimum absolute atomic E-state index is 0.0849. The van der Waals surface area contributed by atoms with Gasteiger partial charge in [-0.05, 0) is 58.1 Å². The van der Waals surface area contributed by atoms with Crippen molar-refractivity contribution in [2.24, 2.45) is 11.8 Å². The van der Waals surface area contributed by atoms with E-state index in [9.17, 15) is 19.5 Å². The molecule has 0 saturated carbocycles. The normalized spacial score (nSPS) is 30.4. The van der Waals surface area contributed by atoms with Crippen molar-refractivity contribution in [2.75, 3.05) is 31.2 Å². The van der Waals surface area contributed by atoms with Gasteiger partial charge in [-0.3, -0.25) is 14.4 Å². The van der Waals surface area contributed by atoms with Crippen molar-refractivity contribution in [3.63, 3.8) is 0 Å². The molecule has 1 aromatic rings. The molecule has 1 aromatic carbocycles. The predicted molar refractivity (Wildman–Crippen MR) is 142 cm³/mol. The molecule has 2 amide bonds. The molecule has 2 bridgehead atoms. The van der Waals surface area contributed by atoms with Gasteiger partial charge in [0, 0.05) is 24.4 Å². The molecule has 1 spiro atoms. The van der Waals surface area contributed by atoms with Gasteiger partial charge in [-0.15, -0.1) is 18.3 Å². The van der Waals surface area contributed by atoms with Gasteiger partial charge in [0.1, 0.15) is 6.04 Å². The Kier molecular flexibility index (Phi) is 8.07. The van der Waals surface area contributed by atoms with Crippen LogP contribution >= 0.6 is 23.4 Å². The van der Waals surface area contributed by atoms with E-state index in [1.807, 2.05) is 19.1 Å². The molecule has 3 fully saturated rings. The van der Waals surface area contributed by atoms with Gasteiger partial charge in [-0.25, -0.2) is 0 Å². The molecular weight excluding hydrogens is 500 g/mol. The number of likely N-dealkylation sites (tertiary alicyclic amines) is 1. The van der Waals surface area contributed by atoms with Crippen molar-refractivity contribution in [3.8, 4) is 0 Å². The molecule has 36 heavy (non-hydrogen) atoms. The number of aliphatic hydroxyl groups excluding tert-OH is 1. The second-order valence-electron chi connectivity index (χ2n) is 9.98. The molecule has 3 heterocycles. The summed E-state index contributed by atoms with van der Waals surface area (Å²) in [6, 6.07) is 6.44. The zero-order chi connectivity index (χ0) is 26.1. The highest BCUT2D eigenvalue weighted by Gasteiger charge is 2.77. The third kappa shape index (κ3) is 4.35. The summed E-state index contributed by atoms with van der Waals surface area (Å²) in [4.78, 5) is 44.9. The van der Waals surface area contributed by atoms with Crippen LogP contribution in [0.4, 0.5) is 5.69 Å². The molecule has 0 aromatic heterocycles. The number of nitrogens with zero attached hydrogens (tertiary/aromatic N) is 2. The molecule has 196 valence electrons. The first-order valence-corrected chi connectivity index (χ1v) is 13.9. The third-order valence-electron chi connectivity index (χ3n) is 7.83. The summed E-state index contributed by atoms with van der Waals surface area (Å²) >= 11 is 8.13. The zero-order valence-corrected chi connectivity index (χ0v) is 22.5. The highest BCUT2D eigenvalue weighted by Crippen LogP contribution is 2.71. The lowest BCUT2D eigenvalue weighted by atomic mass is 9.66. The highest BCUT2D eigenvalue weighted by molar-refractivity contribution is 8.02. The summed E-state index contributed by atoms with van der Waals surface area (Å²) in [7, 11) is 0. The number of ether oxygens (including phenoxy) is 1. The number of rotatable bonds is 11.